The number of rotatable bonds is 7. The molecule has 1 fully saturated rings. The van der Waals surface area contributed by atoms with Crippen molar-refractivity contribution in [3.05, 3.63) is 47.0 Å². The Hall–Kier alpha value is -1.81. The Balaban J connectivity index is 2.01. The van der Waals surface area contributed by atoms with Crippen molar-refractivity contribution in [3.63, 3.8) is 0 Å². The van der Waals surface area contributed by atoms with Crippen molar-refractivity contribution in [1.29, 1.82) is 0 Å². The van der Waals surface area contributed by atoms with E-state index >= 15 is 0 Å². The zero-order valence-corrected chi connectivity index (χ0v) is 20.0. The van der Waals surface area contributed by atoms with Gasteiger partial charge in [0.05, 0.1) is 0 Å². The highest BCUT2D eigenvalue weighted by Gasteiger charge is 2.42. The molecule has 1 aromatic rings. The number of benzene rings is 1. The Morgan fingerprint density at radius 2 is 1.81 bits per heavy atom. The van der Waals surface area contributed by atoms with Crippen molar-refractivity contribution in [2.45, 2.75) is 90.8 Å². The van der Waals surface area contributed by atoms with Crippen LogP contribution in [0.4, 0.5) is 0 Å². The van der Waals surface area contributed by atoms with Gasteiger partial charge in [-0.05, 0) is 55.6 Å². The zero-order chi connectivity index (χ0) is 22.4. The predicted octanol–water partition coefficient (Wildman–Crippen LogP) is 5.60. The maximum atomic E-state index is 13.8. The van der Waals surface area contributed by atoms with Crippen LogP contribution in [-0.2, 0) is 16.1 Å². The monoisotopic (exact) mass is 444 g/mol. The molecule has 5 heteroatoms. The topological polar surface area (TPSA) is 49.4 Å². The summed E-state index contributed by atoms with van der Waals surface area (Å²) in [5.41, 5.74) is 3.20. The molecule has 0 spiro atoms. The van der Waals surface area contributed by atoms with Crippen LogP contribution >= 0.6 is 11.6 Å². The van der Waals surface area contributed by atoms with E-state index in [-0.39, 0.29) is 29.2 Å². The first-order valence-electron chi connectivity index (χ1n) is 11.7. The highest BCUT2D eigenvalue weighted by molar-refractivity contribution is 6.27. The molecule has 3 rings (SSSR count). The Kier molecular flexibility index (Phi) is 8.21. The van der Waals surface area contributed by atoms with Gasteiger partial charge in [0.25, 0.3) is 0 Å². The molecular formula is C26H37ClN2O2. The summed E-state index contributed by atoms with van der Waals surface area (Å²) in [7, 11) is 0. The molecule has 0 bridgehead atoms. The van der Waals surface area contributed by atoms with E-state index in [1.807, 2.05) is 30.3 Å². The second kappa shape index (κ2) is 10.7. The van der Waals surface area contributed by atoms with Gasteiger partial charge in [-0.1, -0.05) is 69.0 Å². The maximum Gasteiger partial charge on any atom is 0.247 e. The fourth-order valence-electron chi connectivity index (χ4n) is 5.38. The van der Waals surface area contributed by atoms with Gasteiger partial charge in [0.15, 0.2) is 0 Å². The lowest BCUT2D eigenvalue weighted by Gasteiger charge is -2.43. The van der Waals surface area contributed by atoms with Gasteiger partial charge in [0.2, 0.25) is 11.8 Å². The third kappa shape index (κ3) is 5.91. The lowest BCUT2D eigenvalue weighted by atomic mass is 9.69. The van der Waals surface area contributed by atoms with Gasteiger partial charge in [-0.15, -0.1) is 11.6 Å². The van der Waals surface area contributed by atoms with Crippen LogP contribution in [0.2, 0.25) is 0 Å². The van der Waals surface area contributed by atoms with Crippen LogP contribution < -0.4 is 5.32 Å². The van der Waals surface area contributed by atoms with Gasteiger partial charge in [-0.3, -0.25) is 9.59 Å². The van der Waals surface area contributed by atoms with Crippen LogP contribution in [0.1, 0.15) is 77.7 Å². The highest BCUT2D eigenvalue weighted by Crippen LogP contribution is 2.43. The van der Waals surface area contributed by atoms with Crippen molar-refractivity contribution in [2.24, 2.45) is 5.41 Å². The molecule has 2 aliphatic carbocycles. The number of nitrogens with one attached hydrogen (secondary N) is 1. The minimum atomic E-state index is -0.622. The third-order valence-corrected chi connectivity index (χ3v) is 7.19. The summed E-state index contributed by atoms with van der Waals surface area (Å²) in [5.74, 6) is -0.381. The maximum absolute atomic E-state index is 13.8. The van der Waals surface area contributed by atoms with E-state index in [0.29, 0.717) is 6.54 Å². The number of amides is 2. The smallest absolute Gasteiger partial charge is 0.247 e. The van der Waals surface area contributed by atoms with Crippen molar-refractivity contribution in [2.75, 3.05) is 5.88 Å². The first-order chi connectivity index (χ1) is 14.8. The van der Waals surface area contributed by atoms with Gasteiger partial charge in [-0.25, -0.2) is 0 Å². The molecule has 1 atom stereocenters. The van der Waals surface area contributed by atoms with Crippen LogP contribution in [-0.4, -0.2) is 34.7 Å². The summed E-state index contributed by atoms with van der Waals surface area (Å²) in [6.07, 6.45) is 8.67. The standard InChI is InChI=1S/C26H37ClN2O2/c1-19-11-10-16-26(2,3)23(19)24(25(31)28-21-14-8-5-9-15-21)29(22(30)17-27)18-20-12-6-4-7-13-20/h4,6-7,12-13,21,24H,5,8-11,14-18H2,1-3H3,(H,28,31). The normalized spacial score (nSPS) is 20.3. The highest BCUT2D eigenvalue weighted by atomic mass is 35.5. The third-order valence-electron chi connectivity index (χ3n) is 6.96. The molecule has 1 aromatic carbocycles. The van der Waals surface area contributed by atoms with E-state index in [1.165, 1.54) is 12.0 Å². The summed E-state index contributed by atoms with van der Waals surface area (Å²) in [4.78, 5) is 28.6. The molecule has 0 aromatic heterocycles. The Morgan fingerprint density at radius 1 is 1.13 bits per heavy atom. The van der Waals surface area contributed by atoms with Crippen molar-refractivity contribution in [1.82, 2.24) is 10.2 Å². The molecule has 2 aliphatic rings. The molecule has 1 unspecified atom stereocenters. The number of hydrogen-bond acceptors (Lipinski definition) is 2. The predicted molar refractivity (Wildman–Crippen MR) is 127 cm³/mol. The fraction of sp³-hybridized carbons (Fsp3) is 0.615. The van der Waals surface area contributed by atoms with Crippen molar-refractivity contribution >= 4 is 23.4 Å². The Labute approximate surface area is 192 Å². The molecule has 2 amide bonds. The Morgan fingerprint density at radius 3 is 2.42 bits per heavy atom. The molecule has 0 aliphatic heterocycles. The summed E-state index contributed by atoms with van der Waals surface area (Å²) in [5, 5.41) is 3.31. The van der Waals surface area contributed by atoms with Crippen LogP contribution in [0.25, 0.3) is 0 Å². The Bertz CT molecular complexity index is 797. The number of alkyl halides is 1. The average Bonchev–Trinajstić information content (AvgIpc) is 2.75. The van der Waals surface area contributed by atoms with E-state index in [1.54, 1.807) is 4.90 Å². The van der Waals surface area contributed by atoms with Crippen LogP contribution in [0.5, 0.6) is 0 Å². The van der Waals surface area contributed by atoms with Gasteiger partial charge in [0.1, 0.15) is 11.9 Å². The van der Waals surface area contributed by atoms with Gasteiger partial charge in [-0.2, -0.15) is 0 Å². The van der Waals surface area contributed by atoms with E-state index in [4.69, 9.17) is 11.6 Å². The zero-order valence-electron chi connectivity index (χ0n) is 19.3. The van der Waals surface area contributed by atoms with Crippen molar-refractivity contribution in [3.8, 4) is 0 Å². The number of allylic oxidation sites excluding steroid dienone is 1. The van der Waals surface area contributed by atoms with Crippen LogP contribution in [0.15, 0.2) is 41.5 Å². The SMILES string of the molecule is CC1=C(C(C(=O)NC2CCCCC2)N(Cc2ccccc2)C(=O)CCl)C(C)(C)CCC1. The number of halogens is 1. The quantitative estimate of drug-likeness (QED) is 0.439. The van der Waals surface area contributed by atoms with Gasteiger partial charge >= 0.3 is 0 Å². The molecule has 170 valence electrons. The minimum Gasteiger partial charge on any atom is -0.351 e. The summed E-state index contributed by atoms with van der Waals surface area (Å²) in [6, 6.07) is 9.46. The summed E-state index contributed by atoms with van der Waals surface area (Å²) < 4.78 is 0. The summed E-state index contributed by atoms with van der Waals surface area (Å²) in [6.45, 7) is 6.92. The fourth-order valence-corrected chi connectivity index (χ4v) is 5.54. The van der Waals surface area contributed by atoms with Gasteiger partial charge in [0, 0.05) is 12.6 Å². The number of carbonyl (C=O) groups is 2. The lowest BCUT2D eigenvalue weighted by molar-refractivity contribution is -0.139. The molecule has 31 heavy (non-hydrogen) atoms. The molecule has 1 saturated carbocycles. The largest absolute Gasteiger partial charge is 0.351 e. The lowest BCUT2D eigenvalue weighted by Crippen LogP contribution is -2.55. The molecule has 4 nitrogen and oxygen atoms in total. The average molecular weight is 445 g/mol. The first kappa shape index (κ1) is 23.8. The minimum absolute atomic E-state index is 0.0503. The number of carbonyl (C=O) groups excluding carboxylic acids is 2. The van der Waals surface area contributed by atoms with E-state index < -0.39 is 6.04 Å². The van der Waals surface area contributed by atoms with E-state index in [9.17, 15) is 9.59 Å². The molecular weight excluding hydrogens is 408 g/mol. The molecule has 1 N–H and O–H groups in total. The second-order valence-corrected chi connectivity index (χ2v) is 10.1. The summed E-state index contributed by atoms with van der Waals surface area (Å²) >= 11 is 6.06. The van der Waals surface area contributed by atoms with E-state index in [2.05, 4.69) is 26.1 Å². The molecule has 0 radical (unpaired) electrons. The van der Waals surface area contributed by atoms with E-state index in [0.717, 1.165) is 56.1 Å². The number of hydrogen-bond donors (Lipinski definition) is 1. The van der Waals surface area contributed by atoms with Gasteiger partial charge < -0.3 is 10.2 Å². The molecule has 0 heterocycles. The first-order valence-corrected chi connectivity index (χ1v) is 12.3. The second-order valence-electron chi connectivity index (χ2n) is 9.82. The van der Waals surface area contributed by atoms with Crippen molar-refractivity contribution < 1.29 is 9.59 Å². The van der Waals surface area contributed by atoms with Crippen LogP contribution in [0.3, 0.4) is 0 Å². The number of nitrogens with zero attached hydrogens (tertiary/aromatic N) is 1. The molecule has 0 saturated heterocycles. The van der Waals surface area contributed by atoms with Crippen LogP contribution in [0, 0.1) is 5.41 Å².